The molecule has 254 valence electrons. The molecule has 4 unspecified atom stereocenters. The number of nitrogens with two attached hydrogens (primary N) is 3. The van der Waals surface area contributed by atoms with Crippen molar-refractivity contribution >= 4 is 40.6 Å². The molecule has 0 fully saturated rings. The number of rotatable bonds is 17. The highest BCUT2D eigenvalue weighted by atomic mass is 16.4. The van der Waals surface area contributed by atoms with Gasteiger partial charge >= 0.3 is 5.97 Å². The van der Waals surface area contributed by atoms with Crippen molar-refractivity contribution in [2.45, 2.75) is 56.3 Å². The Morgan fingerprint density at radius 2 is 1.52 bits per heavy atom. The second kappa shape index (κ2) is 16.6. The fourth-order valence-electron chi connectivity index (χ4n) is 5.10. The number of carbonyl (C=O) groups excluding carboxylic acids is 3. The second-order valence-corrected chi connectivity index (χ2v) is 11.3. The van der Waals surface area contributed by atoms with Crippen LogP contribution in [0.4, 0.5) is 0 Å². The molecule has 0 bridgehead atoms. The summed E-state index contributed by atoms with van der Waals surface area (Å²) in [5.41, 5.74) is 19.5. The van der Waals surface area contributed by atoms with Crippen LogP contribution in [0.5, 0.6) is 5.75 Å². The van der Waals surface area contributed by atoms with Crippen molar-refractivity contribution in [2.24, 2.45) is 22.2 Å². The van der Waals surface area contributed by atoms with Crippen LogP contribution in [-0.2, 0) is 38.4 Å². The van der Waals surface area contributed by atoms with Gasteiger partial charge in [-0.1, -0.05) is 30.3 Å². The number of benzene rings is 2. The number of nitrogens with one attached hydrogen (secondary N) is 5. The van der Waals surface area contributed by atoms with Gasteiger partial charge < -0.3 is 53.3 Å². The predicted octanol–water partition coefficient (Wildman–Crippen LogP) is -0.456. The van der Waals surface area contributed by atoms with Gasteiger partial charge in [0.05, 0.1) is 12.4 Å². The minimum atomic E-state index is -1.35. The summed E-state index contributed by atoms with van der Waals surface area (Å²) in [6, 6.07) is 8.64. The fourth-order valence-corrected chi connectivity index (χ4v) is 5.10. The number of H-pyrrole nitrogens is 2. The third kappa shape index (κ3) is 10.1. The molecular weight excluding hydrogens is 620 g/mol. The highest BCUT2D eigenvalue weighted by Gasteiger charge is 2.31. The van der Waals surface area contributed by atoms with Crippen LogP contribution in [0.25, 0.3) is 10.9 Å². The Kier molecular flexibility index (Phi) is 12.1. The Labute approximate surface area is 275 Å². The number of carboxylic acids is 1. The average molecular weight is 661 g/mol. The van der Waals surface area contributed by atoms with E-state index in [4.69, 9.17) is 17.2 Å². The van der Waals surface area contributed by atoms with E-state index in [0.717, 1.165) is 16.5 Å². The normalized spacial score (nSPS) is 13.5. The highest BCUT2D eigenvalue weighted by Crippen LogP contribution is 2.19. The number of aliphatic carboxylic acids is 1. The first kappa shape index (κ1) is 35.0. The van der Waals surface area contributed by atoms with Crippen LogP contribution in [0, 0.1) is 0 Å². The van der Waals surface area contributed by atoms with Crippen molar-refractivity contribution in [3.8, 4) is 5.75 Å². The lowest BCUT2D eigenvalue weighted by Crippen LogP contribution is -2.58. The quantitative estimate of drug-likeness (QED) is 0.0395. The maximum Gasteiger partial charge on any atom is 0.326 e. The molecule has 0 saturated heterocycles. The summed E-state index contributed by atoms with van der Waals surface area (Å²) in [5.74, 6) is -3.40. The molecule has 0 saturated carbocycles. The van der Waals surface area contributed by atoms with Gasteiger partial charge in [0.15, 0.2) is 5.96 Å². The number of aromatic nitrogens is 3. The SMILES string of the molecule is NC(N)=NCCCC(N)C(=O)NC(Cc1c[nH]c2ccccc12)C(=O)NC(Cc1cnc[nH]1)C(=O)NC(Cc1ccc(O)cc1)C(=O)O. The fraction of sp³-hybridized carbons (Fsp3) is 0.312. The Hall–Kier alpha value is -5.90. The number of phenolic OH excluding ortho intramolecular Hbond substituents is 1. The van der Waals surface area contributed by atoms with Crippen LogP contribution in [-0.4, -0.2) is 85.5 Å². The van der Waals surface area contributed by atoms with Gasteiger partial charge in [-0.3, -0.25) is 19.4 Å². The lowest BCUT2D eigenvalue weighted by Gasteiger charge is -2.25. The number of aromatic hydroxyl groups is 1. The van der Waals surface area contributed by atoms with Crippen molar-refractivity contribution in [3.05, 3.63) is 84.1 Å². The molecule has 13 N–H and O–H groups in total. The Morgan fingerprint density at radius 3 is 2.19 bits per heavy atom. The molecule has 3 amide bonds. The van der Waals surface area contributed by atoms with Gasteiger partial charge in [-0.05, 0) is 42.2 Å². The first-order chi connectivity index (χ1) is 23.0. The van der Waals surface area contributed by atoms with E-state index in [0.29, 0.717) is 17.7 Å². The standard InChI is InChI=1S/C32H40N10O6/c33-23(5-3-11-37-32(34)35)28(44)40-25(13-19-15-38-24-6-2-1-4-22(19)24)29(45)41-26(14-20-16-36-17-39-20)30(46)42-27(31(47)48)12-18-7-9-21(43)10-8-18/h1-2,4,6-10,15-17,23,25-27,38,43H,3,5,11-14,33H2,(H,36,39)(H,40,44)(H,41,45)(H,42,46)(H,47,48)(H4,34,35,37). The molecule has 0 spiro atoms. The third-order valence-electron chi connectivity index (χ3n) is 7.64. The number of carboxylic acid groups (broad SMARTS) is 1. The molecule has 4 rings (SSSR count). The van der Waals surface area contributed by atoms with Crippen molar-refractivity contribution in [1.82, 2.24) is 30.9 Å². The van der Waals surface area contributed by atoms with Crippen molar-refractivity contribution in [1.29, 1.82) is 0 Å². The number of aliphatic imine (C=N–C) groups is 1. The number of imidazole rings is 1. The zero-order valence-electron chi connectivity index (χ0n) is 26.1. The number of guanidine groups is 1. The van der Waals surface area contributed by atoms with Crippen molar-refractivity contribution < 1.29 is 29.4 Å². The van der Waals surface area contributed by atoms with Gasteiger partial charge in [0, 0.05) is 54.8 Å². The number of hydrogen-bond donors (Lipinski definition) is 10. The van der Waals surface area contributed by atoms with Crippen molar-refractivity contribution in [2.75, 3.05) is 6.54 Å². The van der Waals surface area contributed by atoms with Crippen LogP contribution in [0.2, 0.25) is 0 Å². The molecule has 48 heavy (non-hydrogen) atoms. The summed E-state index contributed by atoms with van der Waals surface area (Å²) in [6.45, 7) is 0.275. The molecule has 2 aromatic carbocycles. The molecule has 0 aliphatic heterocycles. The minimum Gasteiger partial charge on any atom is -0.508 e. The summed E-state index contributed by atoms with van der Waals surface area (Å²) >= 11 is 0. The number of aromatic amines is 2. The number of nitrogens with zero attached hydrogens (tertiary/aromatic N) is 2. The highest BCUT2D eigenvalue weighted by molar-refractivity contribution is 5.95. The molecular formula is C32H40N10O6. The van der Waals surface area contributed by atoms with Crippen LogP contribution in [0.1, 0.15) is 29.7 Å². The minimum absolute atomic E-state index is 0.0122. The van der Waals surface area contributed by atoms with E-state index in [9.17, 15) is 29.4 Å². The van der Waals surface area contributed by atoms with E-state index in [1.54, 1.807) is 18.3 Å². The molecule has 2 heterocycles. The molecule has 0 radical (unpaired) electrons. The van der Waals surface area contributed by atoms with E-state index < -0.39 is 47.9 Å². The summed E-state index contributed by atoms with van der Waals surface area (Å²) in [7, 11) is 0. The van der Waals surface area contributed by atoms with Gasteiger partial charge in [-0.15, -0.1) is 0 Å². The van der Waals surface area contributed by atoms with Crippen molar-refractivity contribution in [3.63, 3.8) is 0 Å². The summed E-state index contributed by atoms with van der Waals surface area (Å²) in [5, 5.41) is 28.2. The Bertz CT molecular complexity index is 1720. The van der Waals surface area contributed by atoms with E-state index in [-0.39, 0.29) is 43.9 Å². The maximum atomic E-state index is 13.9. The Morgan fingerprint density at radius 1 is 0.854 bits per heavy atom. The van der Waals surface area contributed by atoms with Gasteiger partial charge in [-0.25, -0.2) is 9.78 Å². The van der Waals surface area contributed by atoms with Gasteiger partial charge in [-0.2, -0.15) is 0 Å². The first-order valence-corrected chi connectivity index (χ1v) is 15.2. The molecule has 16 heteroatoms. The van der Waals surface area contributed by atoms with Crippen LogP contribution >= 0.6 is 0 Å². The number of hydrogen-bond acceptors (Lipinski definition) is 8. The van der Waals surface area contributed by atoms with Gasteiger partial charge in [0.2, 0.25) is 17.7 Å². The monoisotopic (exact) mass is 660 g/mol. The number of para-hydroxylation sites is 1. The summed E-state index contributed by atoms with van der Waals surface area (Å²) < 4.78 is 0. The maximum absolute atomic E-state index is 13.9. The topological polar surface area (TPSA) is 280 Å². The molecule has 4 aromatic rings. The third-order valence-corrected chi connectivity index (χ3v) is 7.64. The Balaban J connectivity index is 1.54. The largest absolute Gasteiger partial charge is 0.508 e. The van der Waals surface area contributed by atoms with Crippen LogP contribution < -0.4 is 33.2 Å². The lowest BCUT2D eigenvalue weighted by molar-refractivity contribution is -0.142. The van der Waals surface area contributed by atoms with E-state index in [2.05, 4.69) is 35.9 Å². The molecule has 16 nitrogen and oxygen atoms in total. The van der Waals surface area contributed by atoms with E-state index in [1.807, 2.05) is 24.3 Å². The van der Waals surface area contributed by atoms with E-state index >= 15 is 0 Å². The molecule has 4 atom stereocenters. The number of amides is 3. The number of phenols is 1. The second-order valence-electron chi connectivity index (χ2n) is 11.3. The zero-order valence-corrected chi connectivity index (χ0v) is 26.1. The zero-order chi connectivity index (χ0) is 34.6. The van der Waals surface area contributed by atoms with Crippen LogP contribution in [0.15, 0.2) is 72.2 Å². The summed E-state index contributed by atoms with van der Waals surface area (Å²) in [4.78, 5) is 66.7. The number of carbonyl (C=O) groups is 4. The van der Waals surface area contributed by atoms with Gasteiger partial charge in [0.25, 0.3) is 0 Å². The predicted molar refractivity (Wildman–Crippen MR) is 177 cm³/mol. The van der Waals surface area contributed by atoms with E-state index in [1.165, 1.54) is 24.7 Å². The van der Waals surface area contributed by atoms with Gasteiger partial charge in [0.1, 0.15) is 23.9 Å². The van der Waals surface area contributed by atoms with Crippen LogP contribution in [0.3, 0.4) is 0 Å². The average Bonchev–Trinajstić information content (AvgIpc) is 3.73. The lowest BCUT2D eigenvalue weighted by atomic mass is 10.0. The molecule has 0 aliphatic carbocycles. The molecule has 2 aromatic heterocycles. The number of fused-ring (bicyclic) bond motifs is 1. The summed E-state index contributed by atoms with van der Waals surface area (Å²) in [6.07, 6.45) is 5.21. The first-order valence-electron chi connectivity index (χ1n) is 15.2. The molecule has 0 aliphatic rings. The smallest absolute Gasteiger partial charge is 0.326 e.